The zero-order valence-corrected chi connectivity index (χ0v) is 12.0. The van der Waals surface area contributed by atoms with E-state index in [1.54, 1.807) is 11.8 Å². The molecular weight excluding hydrogens is 248 g/mol. The standard InChI is InChI=1S/C14H20O3S/c1-11-4-6-13(7-5-11)17-8-9-18-12(2)10-14(15)16-3/h4-7,12H,8-10H2,1-3H3. The Morgan fingerprint density at radius 3 is 2.61 bits per heavy atom. The van der Waals surface area contributed by atoms with Gasteiger partial charge in [0, 0.05) is 11.0 Å². The molecule has 0 saturated heterocycles. The molecule has 0 saturated carbocycles. The zero-order valence-electron chi connectivity index (χ0n) is 11.1. The molecule has 18 heavy (non-hydrogen) atoms. The Balaban J connectivity index is 2.14. The molecule has 100 valence electrons. The van der Waals surface area contributed by atoms with E-state index in [2.05, 4.69) is 4.74 Å². The summed E-state index contributed by atoms with van der Waals surface area (Å²) in [4.78, 5) is 11.0. The molecular formula is C14H20O3S. The molecule has 1 atom stereocenters. The van der Waals surface area contributed by atoms with E-state index in [0.29, 0.717) is 13.0 Å². The summed E-state index contributed by atoms with van der Waals surface area (Å²) >= 11 is 1.72. The van der Waals surface area contributed by atoms with E-state index in [9.17, 15) is 4.79 Å². The minimum atomic E-state index is -0.158. The number of aryl methyl sites for hydroxylation is 1. The highest BCUT2D eigenvalue weighted by Gasteiger charge is 2.09. The summed E-state index contributed by atoms with van der Waals surface area (Å²) in [6.45, 7) is 4.72. The van der Waals surface area contributed by atoms with Gasteiger partial charge in [0.15, 0.2) is 0 Å². The third-order valence-electron chi connectivity index (χ3n) is 2.46. The maximum Gasteiger partial charge on any atom is 0.306 e. The fourth-order valence-electron chi connectivity index (χ4n) is 1.42. The second-order valence-corrected chi connectivity index (χ2v) is 5.67. The van der Waals surface area contributed by atoms with Crippen molar-refractivity contribution in [3.8, 4) is 5.75 Å². The van der Waals surface area contributed by atoms with Crippen molar-refractivity contribution >= 4 is 17.7 Å². The van der Waals surface area contributed by atoms with Crippen LogP contribution in [0.4, 0.5) is 0 Å². The average molecular weight is 268 g/mol. The van der Waals surface area contributed by atoms with E-state index in [1.165, 1.54) is 12.7 Å². The predicted molar refractivity (Wildman–Crippen MR) is 75.2 cm³/mol. The summed E-state index contributed by atoms with van der Waals surface area (Å²) in [6.07, 6.45) is 0.450. The van der Waals surface area contributed by atoms with Gasteiger partial charge >= 0.3 is 5.97 Å². The molecule has 0 heterocycles. The van der Waals surface area contributed by atoms with Gasteiger partial charge in [-0.2, -0.15) is 11.8 Å². The number of carbonyl (C=O) groups excluding carboxylic acids is 1. The maximum absolute atomic E-state index is 11.0. The molecule has 1 rings (SSSR count). The monoisotopic (exact) mass is 268 g/mol. The fourth-order valence-corrected chi connectivity index (χ4v) is 2.26. The number of hydrogen-bond donors (Lipinski definition) is 0. The number of rotatable bonds is 7. The van der Waals surface area contributed by atoms with Crippen LogP contribution in [0, 0.1) is 6.92 Å². The quantitative estimate of drug-likeness (QED) is 0.562. The minimum absolute atomic E-state index is 0.158. The Labute approximate surface area is 113 Å². The first-order chi connectivity index (χ1) is 8.61. The molecule has 0 fully saturated rings. The highest BCUT2D eigenvalue weighted by atomic mass is 32.2. The highest BCUT2D eigenvalue weighted by molar-refractivity contribution is 7.99. The van der Waals surface area contributed by atoms with Crippen LogP contribution in [-0.4, -0.2) is 30.7 Å². The zero-order chi connectivity index (χ0) is 13.4. The van der Waals surface area contributed by atoms with Crippen molar-refractivity contribution in [2.75, 3.05) is 19.5 Å². The van der Waals surface area contributed by atoms with E-state index >= 15 is 0 Å². The lowest BCUT2D eigenvalue weighted by atomic mass is 10.2. The number of carbonyl (C=O) groups is 1. The number of esters is 1. The van der Waals surface area contributed by atoms with Crippen LogP contribution in [-0.2, 0) is 9.53 Å². The first-order valence-corrected chi connectivity index (χ1v) is 7.04. The number of methoxy groups -OCH3 is 1. The smallest absolute Gasteiger partial charge is 0.306 e. The van der Waals surface area contributed by atoms with Crippen LogP contribution in [0.25, 0.3) is 0 Å². The molecule has 1 aromatic rings. The summed E-state index contributed by atoms with van der Waals surface area (Å²) in [7, 11) is 1.42. The molecule has 0 aliphatic heterocycles. The first-order valence-electron chi connectivity index (χ1n) is 5.99. The van der Waals surface area contributed by atoms with Crippen molar-refractivity contribution in [1.82, 2.24) is 0 Å². The second-order valence-electron chi connectivity index (χ2n) is 4.12. The summed E-state index contributed by atoms with van der Waals surface area (Å²) in [6, 6.07) is 8.00. The lowest BCUT2D eigenvalue weighted by Crippen LogP contribution is -2.11. The molecule has 0 amide bonds. The molecule has 0 N–H and O–H groups in total. The van der Waals surface area contributed by atoms with E-state index in [0.717, 1.165) is 11.5 Å². The largest absolute Gasteiger partial charge is 0.493 e. The van der Waals surface area contributed by atoms with Gasteiger partial charge in [0.25, 0.3) is 0 Å². The Morgan fingerprint density at radius 2 is 2.00 bits per heavy atom. The molecule has 3 nitrogen and oxygen atoms in total. The Hall–Kier alpha value is -1.16. The SMILES string of the molecule is COC(=O)CC(C)SCCOc1ccc(C)cc1. The molecule has 4 heteroatoms. The van der Waals surface area contributed by atoms with Crippen LogP contribution in [0.2, 0.25) is 0 Å². The average Bonchev–Trinajstić information content (AvgIpc) is 2.36. The molecule has 0 aliphatic carbocycles. The lowest BCUT2D eigenvalue weighted by molar-refractivity contribution is -0.140. The van der Waals surface area contributed by atoms with Crippen molar-refractivity contribution in [1.29, 1.82) is 0 Å². The minimum Gasteiger partial charge on any atom is -0.493 e. The maximum atomic E-state index is 11.0. The summed E-state index contributed by atoms with van der Waals surface area (Å²) in [5.41, 5.74) is 1.23. The van der Waals surface area contributed by atoms with E-state index < -0.39 is 0 Å². The van der Waals surface area contributed by atoms with Crippen molar-refractivity contribution < 1.29 is 14.3 Å². The van der Waals surface area contributed by atoms with Gasteiger partial charge in [-0.15, -0.1) is 0 Å². The van der Waals surface area contributed by atoms with Gasteiger partial charge in [-0.3, -0.25) is 4.79 Å². The van der Waals surface area contributed by atoms with Crippen LogP contribution in [0.15, 0.2) is 24.3 Å². The molecule has 1 aromatic carbocycles. The number of ether oxygens (including phenoxy) is 2. The van der Waals surface area contributed by atoms with Gasteiger partial charge in [-0.25, -0.2) is 0 Å². The normalized spacial score (nSPS) is 11.9. The molecule has 0 bridgehead atoms. The molecule has 0 radical (unpaired) electrons. The van der Waals surface area contributed by atoms with Crippen LogP contribution in [0.3, 0.4) is 0 Å². The molecule has 1 unspecified atom stereocenters. The summed E-state index contributed by atoms with van der Waals surface area (Å²) in [5, 5.41) is 0.263. The third kappa shape index (κ3) is 5.96. The van der Waals surface area contributed by atoms with Crippen molar-refractivity contribution in [2.45, 2.75) is 25.5 Å². The van der Waals surface area contributed by atoms with Gasteiger partial charge in [0.2, 0.25) is 0 Å². The number of hydrogen-bond acceptors (Lipinski definition) is 4. The van der Waals surface area contributed by atoms with Crippen molar-refractivity contribution in [3.05, 3.63) is 29.8 Å². The Kier molecular flexibility index (Phi) is 6.65. The van der Waals surface area contributed by atoms with Gasteiger partial charge in [0.1, 0.15) is 5.75 Å². The summed E-state index contributed by atoms with van der Waals surface area (Å²) < 4.78 is 10.2. The van der Waals surface area contributed by atoms with Crippen molar-refractivity contribution in [3.63, 3.8) is 0 Å². The topological polar surface area (TPSA) is 35.5 Å². The van der Waals surface area contributed by atoms with Crippen LogP contribution < -0.4 is 4.74 Å². The predicted octanol–water partition coefficient (Wildman–Crippen LogP) is 3.06. The van der Waals surface area contributed by atoms with Crippen LogP contribution >= 0.6 is 11.8 Å². The number of benzene rings is 1. The Bertz CT molecular complexity index is 362. The Morgan fingerprint density at radius 1 is 1.33 bits per heavy atom. The molecule has 0 spiro atoms. The number of thioether (sulfide) groups is 1. The van der Waals surface area contributed by atoms with Gasteiger partial charge < -0.3 is 9.47 Å². The second kappa shape index (κ2) is 8.03. The lowest BCUT2D eigenvalue weighted by Gasteiger charge is -2.10. The van der Waals surface area contributed by atoms with Crippen LogP contribution in [0.5, 0.6) is 5.75 Å². The molecule has 0 aliphatic rings. The fraction of sp³-hybridized carbons (Fsp3) is 0.500. The summed E-state index contributed by atoms with van der Waals surface area (Å²) in [5.74, 6) is 1.60. The highest BCUT2D eigenvalue weighted by Crippen LogP contribution is 2.16. The van der Waals surface area contributed by atoms with Gasteiger partial charge in [-0.05, 0) is 19.1 Å². The van der Waals surface area contributed by atoms with Crippen molar-refractivity contribution in [2.24, 2.45) is 0 Å². The third-order valence-corrected chi connectivity index (χ3v) is 3.60. The first kappa shape index (κ1) is 14.9. The van der Waals surface area contributed by atoms with Crippen LogP contribution in [0.1, 0.15) is 18.9 Å². The van der Waals surface area contributed by atoms with Gasteiger partial charge in [0.05, 0.1) is 20.1 Å². The van der Waals surface area contributed by atoms with E-state index in [4.69, 9.17) is 4.74 Å². The van der Waals surface area contributed by atoms with Gasteiger partial charge in [-0.1, -0.05) is 24.6 Å². The molecule has 0 aromatic heterocycles. The van der Waals surface area contributed by atoms with E-state index in [-0.39, 0.29) is 11.2 Å². The van der Waals surface area contributed by atoms with E-state index in [1.807, 2.05) is 38.1 Å².